The first kappa shape index (κ1) is 22.6. The molecular weight excluding hydrogens is 410 g/mol. The highest BCUT2D eigenvalue weighted by molar-refractivity contribution is 6.11. The van der Waals surface area contributed by atoms with Crippen molar-refractivity contribution in [1.82, 2.24) is 4.90 Å². The number of aliphatic hydroxyl groups excluding tert-OH is 1. The van der Waals surface area contributed by atoms with Crippen LogP contribution in [0.4, 0.5) is 0 Å². The lowest BCUT2D eigenvalue weighted by atomic mass is 9.77. The molecule has 4 rings (SSSR count). The number of benzene rings is 1. The number of amides is 1. The highest BCUT2D eigenvalue weighted by Crippen LogP contribution is 2.47. The van der Waals surface area contributed by atoms with Crippen LogP contribution in [0.25, 0.3) is 0 Å². The third kappa shape index (κ3) is 4.10. The summed E-state index contributed by atoms with van der Waals surface area (Å²) in [4.78, 5) is 28.2. The zero-order valence-electron chi connectivity index (χ0n) is 19.0. The molecule has 32 heavy (non-hydrogen) atoms. The lowest BCUT2D eigenvalue weighted by Crippen LogP contribution is -2.39. The molecule has 1 amide bonds. The van der Waals surface area contributed by atoms with Gasteiger partial charge in [-0.3, -0.25) is 9.59 Å². The number of β-amino-alcohol motifs (C(OH)–C–C–N with tert-alkyl or cyclic N) is 1. The van der Waals surface area contributed by atoms with E-state index in [9.17, 15) is 14.7 Å². The van der Waals surface area contributed by atoms with Gasteiger partial charge < -0.3 is 24.2 Å². The molecule has 3 aliphatic rings. The van der Waals surface area contributed by atoms with E-state index in [1.807, 2.05) is 18.2 Å². The number of hydrogen-bond acceptors (Lipinski definition) is 6. The third-order valence-electron chi connectivity index (χ3n) is 6.71. The van der Waals surface area contributed by atoms with Gasteiger partial charge in [0.15, 0.2) is 23.0 Å². The van der Waals surface area contributed by atoms with Crippen molar-refractivity contribution in [2.45, 2.75) is 64.0 Å². The van der Waals surface area contributed by atoms with E-state index in [0.717, 1.165) is 50.5 Å². The van der Waals surface area contributed by atoms with E-state index in [1.54, 1.807) is 7.11 Å². The molecule has 0 radical (unpaired) electrons. The van der Waals surface area contributed by atoms with E-state index in [-0.39, 0.29) is 42.6 Å². The average Bonchev–Trinajstić information content (AvgIpc) is 3.09. The van der Waals surface area contributed by atoms with E-state index in [1.165, 1.54) is 4.90 Å². The van der Waals surface area contributed by atoms with Crippen molar-refractivity contribution in [3.8, 4) is 11.5 Å². The van der Waals surface area contributed by atoms with E-state index >= 15 is 0 Å². The molecule has 0 aromatic heterocycles. The number of methoxy groups -OCH3 is 1. The molecule has 7 heteroatoms. The number of ether oxygens (including phenoxy) is 3. The monoisotopic (exact) mass is 443 g/mol. The Labute approximate surface area is 189 Å². The molecule has 0 spiro atoms. The molecule has 2 heterocycles. The molecule has 1 aromatic carbocycles. The van der Waals surface area contributed by atoms with E-state index in [2.05, 4.69) is 6.92 Å². The second kappa shape index (κ2) is 9.94. The lowest BCUT2D eigenvalue weighted by molar-refractivity contribution is -0.135. The van der Waals surface area contributed by atoms with Gasteiger partial charge in [-0.2, -0.15) is 0 Å². The van der Waals surface area contributed by atoms with Crippen LogP contribution in [0.5, 0.6) is 11.5 Å². The van der Waals surface area contributed by atoms with Gasteiger partial charge in [-0.15, -0.1) is 0 Å². The number of hydrogen-bond donors (Lipinski definition) is 1. The number of unbranched alkanes of at least 4 members (excludes halogenated alkanes) is 2. The lowest BCUT2D eigenvalue weighted by Gasteiger charge is -2.35. The van der Waals surface area contributed by atoms with Gasteiger partial charge in [0.05, 0.1) is 37.9 Å². The van der Waals surface area contributed by atoms with Crippen LogP contribution >= 0.6 is 0 Å². The summed E-state index contributed by atoms with van der Waals surface area (Å²) in [5.74, 6) is 0.844. The number of rotatable bonds is 9. The summed E-state index contributed by atoms with van der Waals surface area (Å²) in [5.41, 5.74) is 1.17. The Balaban J connectivity index is 1.67. The number of carbonyl (C=O) groups is 2. The number of fused-ring (bicyclic) bond motifs is 1. The highest BCUT2D eigenvalue weighted by atomic mass is 16.5. The Bertz CT molecular complexity index is 894. The van der Waals surface area contributed by atoms with Crippen LogP contribution in [0.2, 0.25) is 0 Å². The van der Waals surface area contributed by atoms with Crippen LogP contribution < -0.4 is 9.47 Å². The second-order valence-electron chi connectivity index (χ2n) is 8.74. The summed E-state index contributed by atoms with van der Waals surface area (Å²) >= 11 is 0. The Morgan fingerprint density at radius 1 is 1.16 bits per heavy atom. The molecule has 2 aliphatic heterocycles. The summed E-state index contributed by atoms with van der Waals surface area (Å²) in [5, 5.41) is 9.62. The van der Waals surface area contributed by atoms with Gasteiger partial charge in [-0.25, -0.2) is 0 Å². The highest BCUT2D eigenvalue weighted by Gasteiger charge is 2.51. The summed E-state index contributed by atoms with van der Waals surface area (Å²) in [6.45, 7) is 2.68. The first-order chi connectivity index (χ1) is 15.6. The molecule has 0 bridgehead atoms. The predicted molar refractivity (Wildman–Crippen MR) is 118 cm³/mol. The van der Waals surface area contributed by atoms with Crippen molar-refractivity contribution in [3.05, 3.63) is 35.1 Å². The fourth-order valence-electron chi connectivity index (χ4n) is 5.09. The van der Waals surface area contributed by atoms with Crippen molar-refractivity contribution in [2.75, 3.05) is 26.9 Å². The van der Waals surface area contributed by atoms with Crippen molar-refractivity contribution in [3.63, 3.8) is 0 Å². The maximum atomic E-state index is 13.5. The summed E-state index contributed by atoms with van der Waals surface area (Å²) < 4.78 is 17.6. The number of aliphatic hydroxyl groups is 1. The van der Waals surface area contributed by atoms with Crippen LogP contribution in [0.15, 0.2) is 29.5 Å². The Morgan fingerprint density at radius 2 is 1.97 bits per heavy atom. The van der Waals surface area contributed by atoms with E-state index in [4.69, 9.17) is 14.2 Å². The molecule has 7 nitrogen and oxygen atoms in total. The normalized spacial score (nSPS) is 24.8. The summed E-state index contributed by atoms with van der Waals surface area (Å²) in [6.07, 6.45) is 6.54. The summed E-state index contributed by atoms with van der Waals surface area (Å²) in [6, 6.07) is 4.94. The van der Waals surface area contributed by atoms with E-state index in [0.29, 0.717) is 23.7 Å². The molecule has 1 aromatic rings. The van der Waals surface area contributed by atoms with E-state index < -0.39 is 6.04 Å². The molecule has 0 saturated heterocycles. The van der Waals surface area contributed by atoms with Crippen molar-refractivity contribution >= 4 is 11.7 Å². The quantitative estimate of drug-likeness (QED) is 0.588. The SMILES string of the molecule is CCCCCOc1ccc(C2C3=C(OC4CCCCC4C3=O)C(=O)N2CCO)cc1OC. The number of carbonyl (C=O) groups excluding carboxylic acids is 2. The van der Waals surface area contributed by atoms with Gasteiger partial charge in [0.25, 0.3) is 5.91 Å². The van der Waals surface area contributed by atoms with Gasteiger partial charge in [0, 0.05) is 6.54 Å². The predicted octanol–water partition coefficient (Wildman–Crippen LogP) is 3.55. The third-order valence-corrected chi connectivity index (χ3v) is 6.71. The van der Waals surface area contributed by atoms with Crippen LogP contribution in [0.3, 0.4) is 0 Å². The second-order valence-corrected chi connectivity index (χ2v) is 8.74. The molecule has 174 valence electrons. The molecule has 1 fully saturated rings. The topological polar surface area (TPSA) is 85.3 Å². The smallest absolute Gasteiger partial charge is 0.290 e. The van der Waals surface area contributed by atoms with Gasteiger partial charge >= 0.3 is 0 Å². The first-order valence-electron chi connectivity index (χ1n) is 11.8. The molecular formula is C25H33NO6. The molecule has 1 saturated carbocycles. The van der Waals surface area contributed by atoms with Crippen LogP contribution in [-0.2, 0) is 14.3 Å². The fraction of sp³-hybridized carbons (Fsp3) is 0.600. The summed E-state index contributed by atoms with van der Waals surface area (Å²) in [7, 11) is 1.58. The largest absolute Gasteiger partial charge is 0.493 e. The number of ketones is 1. The van der Waals surface area contributed by atoms with Gasteiger partial charge in [-0.1, -0.05) is 32.3 Å². The zero-order chi connectivity index (χ0) is 22.7. The molecule has 3 unspecified atom stereocenters. The number of nitrogens with zero attached hydrogens (tertiary/aromatic N) is 1. The maximum absolute atomic E-state index is 13.5. The van der Waals surface area contributed by atoms with Crippen molar-refractivity contribution in [2.24, 2.45) is 5.92 Å². The standard InChI is InChI=1S/C25H33NO6/c1-3-4-7-14-31-19-11-10-16(15-20(19)30-2)22-21-23(28)17-8-5-6-9-18(17)32-24(21)25(29)26(22)12-13-27/h10-11,15,17-18,22,27H,3-9,12-14H2,1-2H3. The zero-order valence-corrected chi connectivity index (χ0v) is 19.0. The van der Waals surface area contributed by atoms with Crippen molar-refractivity contribution < 1.29 is 28.9 Å². The maximum Gasteiger partial charge on any atom is 0.290 e. The number of Topliss-reactive ketones (excluding diaryl/α,β-unsaturated/α-hetero) is 1. The van der Waals surface area contributed by atoms with Gasteiger partial charge in [0.1, 0.15) is 6.10 Å². The van der Waals surface area contributed by atoms with Gasteiger partial charge in [0.2, 0.25) is 0 Å². The Morgan fingerprint density at radius 3 is 2.72 bits per heavy atom. The fourth-order valence-corrected chi connectivity index (χ4v) is 5.09. The average molecular weight is 444 g/mol. The minimum absolute atomic E-state index is 0.00796. The minimum Gasteiger partial charge on any atom is -0.493 e. The molecule has 3 atom stereocenters. The first-order valence-corrected chi connectivity index (χ1v) is 11.8. The van der Waals surface area contributed by atoms with Crippen LogP contribution in [0.1, 0.15) is 63.5 Å². The Kier molecular flexibility index (Phi) is 7.04. The van der Waals surface area contributed by atoms with Crippen LogP contribution in [0, 0.1) is 5.92 Å². The van der Waals surface area contributed by atoms with Crippen LogP contribution in [-0.4, -0.2) is 54.7 Å². The minimum atomic E-state index is -0.594. The molecule has 1 N–H and O–H groups in total. The van der Waals surface area contributed by atoms with Crippen molar-refractivity contribution in [1.29, 1.82) is 0 Å². The molecule has 1 aliphatic carbocycles. The van der Waals surface area contributed by atoms with Gasteiger partial charge in [-0.05, 0) is 43.4 Å². The Hall–Kier alpha value is -2.54.